The number of hydrogen-bond acceptors (Lipinski definition) is 8. The molecule has 2 fully saturated rings. The van der Waals surface area contributed by atoms with Gasteiger partial charge in [-0.2, -0.15) is 0 Å². The molecule has 8 nitrogen and oxygen atoms in total. The molecule has 2 atom stereocenters. The van der Waals surface area contributed by atoms with E-state index in [1.165, 1.54) is 0 Å². The molecule has 0 amide bonds. The first-order valence-corrected chi connectivity index (χ1v) is 22.9. The molecule has 6 aromatic rings. The fraction of sp³-hybridized carbons (Fsp3) is 0.370. The number of benzene rings is 4. The monoisotopic (exact) mass is 864 g/mol. The average molecular weight is 865 g/mol. The Balaban J connectivity index is 1.16. The fourth-order valence-electron chi connectivity index (χ4n) is 10.5. The van der Waals surface area contributed by atoms with Crippen molar-refractivity contribution in [1.82, 2.24) is 29.6 Å². The summed E-state index contributed by atoms with van der Waals surface area (Å²) >= 11 is 0. The van der Waals surface area contributed by atoms with Gasteiger partial charge in [0.15, 0.2) is 0 Å². The Morgan fingerprint density at radius 1 is 0.500 bits per heavy atom. The Morgan fingerprint density at radius 3 is 1.20 bits per heavy atom. The molecule has 2 saturated heterocycles. The van der Waals surface area contributed by atoms with Crippen molar-refractivity contribution in [3.05, 3.63) is 192 Å². The zero-order valence-corrected chi connectivity index (χ0v) is 37.3. The van der Waals surface area contributed by atoms with Crippen LogP contribution in [0.15, 0.2) is 158 Å². The summed E-state index contributed by atoms with van der Waals surface area (Å²) in [7, 11) is 4.40. The van der Waals surface area contributed by atoms with Crippen LogP contribution in [0.3, 0.4) is 0 Å². The summed E-state index contributed by atoms with van der Waals surface area (Å²) in [6, 6.07) is 46.1. The van der Waals surface area contributed by atoms with E-state index < -0.39 is 11.1 Å². The second-order valence-corrected chi connectivity index (χ2v) is 17.5. The molecule has 1 unspecified atom stereocenters. The van der Waals surface area contributed by atoms with Gasteiger partial charge in [0.05, 0.1) is 11.4 Å². The van der Waals surface area contributed by atoms with Gasteiger partial charge in [0.1, 0.15) is 47.4 Å². The van der Waals surface area contributed by atoms with Crippen LogP contribution in [0.2, 0.25) is 0 Å². The summed E-state index contributed by atoms with van der Waals surface area (Å²) in [6.07, 6.45) is 7.74. The molecule has 0 N–H and O–H groups in total. The van der Waals surface area contributed by atoms with Crippen molar-refractivity contribution in [2.75, 3.05) is 79.7 Å². The van der Waals surface area contributed by atoms with Gasteiger partial charge in [-0.15, -0.1) is 0 Å². The molecule has 4 heterocycles. The van der Waals surface area contributed by atoms with E-state index >= 15 is 8.78 Å². The van der Waals surface area contributed by atoms with Crippen LogP contribution in [0, 0.1) is 23.5 Å². The summed E-state index contributed by atoms with van der Waals surface area (Å²) in [5.41, 5.74) is 1.16. The summed E-state index contributed by atoms with van der Waals surface area (Å²) < 4.78 is 42.5. The minimum Gasteiger partial charge on any atom is -0.492 e. The number of para-hydroxylation sites is 2. The minimum absolute atomic E-state index is 0.315. The molecular weight excluding hydrogens is 803 g/mol. The predicted octanol–water partition coefficient (Wildman–Crippen LogP) is 9.39. The normalized spacial score (nSPS) is 17.5. The van der Waals surface area contributed by atoms with Crippen LogP contribution in [0.1, 0.15) is 48.2 Å². The van der Waals surface area contributed by atoms with E-state index in [0.29, 0.717) is 25.0 Å². The summed E-state index contributed by atoms with van der Waals surface area (Å²) in [6.45, 7) is 8.32. The van der Waals surface area contributed by atoms with E-state index in [-0.39, 0.29) is 11.6 Å². The number of likely N-dealkylation sites (N-methyl/N-ethyl adjacent to an activating group) is 2. The lowest BCUT2D eigenvalue weighted by atomic mass is 9.62. The third-order valence-corrected chi connectivity index (χ3v) is 13.6. The minimum atomic E-state index is -1.10. The number of pyridine rings is 2. The van der Waals surface area contributed by atoms with E-state index in [1.807, 2.05) is 122 Å². The Kier molecular flexibility index (Phi) is 15.1. The van der Waals surface area contributed by atoms with Gasteiger partial charge in [0.25, 0.3) is 0 Å². The second-order valence-electron chi connectivity index (χ2n) is 17.5. The molecule has 334 valence electrons. The van der Waals surface area contributed by atoms with Gasteiger partial charge in [0, 0.05) is 38.6 Å². The molecule has 2 aliphatic heterocycles. The highest BCUT2D eigenvalue weighted by molar-refractivity contribution is 5.51. The topological polar surface area (TPSA) is 57.2 Å². The molecule has 0 aliphatic carbocycles. The highest BCUT2D eigenvalue weighted by Gasteiger charge is 2.62. The molecule has 10 heteroatoms. The smallest absolute Gasteiger partial charge is 0.123 e. The van der Waals surface area contributed by atoms with Crippen LogP contribution in [-0.2, 0) is 11.1 Å². The number of nitrogens with zero attached hydrogens (tertiary/aromatic N) is 6. The first kappa shape index (κ1) is 45.1. The van der Waals surface area contributed by atoms with Crippen molar-refractivity contribution < 1.29 is 18.3 Å². The van der Waals surface area contributed by atoms with E-state index in [1.54, 1.807) is 24.3 Å². The van der Waals surface area contributed by atoms with Crippen molar-refractivity contribution in [3.8, 4) is 11.5 Å². The van der Waals surface area contributed by atoms with Crippen LogP contribution < -0.4 is 9.47 Å². The number of ether oxygens (including phenoxy) is 2. The van der Waals surface area contributed by atoms with Crippen molar-refractivity contribution in [1.29, 1.82) is 0 Å². The molecule has 64 heavy (non-hydrogen) atoms. The van der Waals surface area contributed by atoms with Crippen molar-refractivity contribution in [2.45, 2.75) is 36.8 Å². The van der Waals surface area contributed by atoms with Gasteiger partial charge in [-0.05, 0) is 162 Å². The van der Waals surface area contributed by atoms with Gasteiger partial charge >= 0.3 is 0 Å². The highest BCUT2D eigenvalue weighted by atomic mass is 19.1. The molecule has 0 bridgehead atoms. The Hall–Kier alpha value is -5.52. The van der Waals surface area contributed by atoms with Crippen LogP contribution >= 0.6 is 0 Å². The van der Waals surface area contributed by atoms with Crippen molar-refractivity contribution in [2.24, 2.45) is 11.8 Å². The zero-order chi connectivity index (χ0) is 44.2. The van der Waals surface area contributed by atoms with Gasteiger partial charge in [0.2, 0.25) is 0 Å². The Bertz CT molecular complexity index is 2110. The Morgan fingerprint density at radius 2 is 0.859 bits per heavy atom. The maximum atomic E-state index is 15.2. The number of aromatic nitrogens is 2. The van der Waals surface area contributed by atoms with E-state index in [4.69, 9.17) is 19.4 Å². The third kappa shape index (κ3) is 10.1. The zero-order valence-electron chi connectivity index (χ0n) is 37.3. The number of halogens is 2. The molecule has 0 radical (unpaired) electrons. The maximum absolute atomic E-state index is 15.2. The van der Waals surface area contributed by atoms with Crippen LogP contribution in [0.25, 0.3) is 0 Å². The van der Waals surface area contributed by atoms with Crippen molar-refractivity contribution >= 4 is 0 Å². The number of piperidine rings is 2. The van der Waals surface area contributed by atoms with Gasteiger partial charge in [-0.25, -0.2) is 8.78 Å². The first-order valence-electron chi connectivity index (χ1n) is 22.9. The van der Waals surface area contributed by atoms with E-state index in [0.717, 1.165) is 112 Å². The summed E-state index contributed by atoms with van der Waals surface area (Å²) in [4.78, 5) is 20.4. The summed E-state index contributed by atoms with van der Waals surface area (Å²) in [5, 5.41) is 0. The molecule has 0 spiro atoms. The molecule has 8 rings (SSSR count). The molecule has 2 aliphatic rings. The SMILES string of the molecule is CN(CC1CCN(CCOc2ccccc2)CC1)C(c1ccc(F)cc1)(c1ccccn1)[C@](c1ccc(F)cc1)(c1ccccn1)N(C)CC1CCN(CCOc2ccccc2)CC1. The van der Waals surface area contributed by atoms with Crippen LogP contribution in [0.5, 0.6) is 11.5 Å². The lowest BCUT2D eigenvalue weighted by molar-refractivity contribution is -0.0387. The van der Waals surface area contributed by atoms with Gasteiger partial charge < -0.3 is 9.47 Å². The number of hydrogen-bond donors (Lipinski definition) is 0. The maximum Gasteiger partial charge on any atom is 0.123 e. The Labute approximate surface area is 378 Å². The quantitative estimate of drug-likeness (QED) is 0.0800. The average Bonchev–Trinajstić information content (AvgIpc) is 3.34. The largest absolute Gasteiger partial charge is 0.492 e. The highest BCUT2D eigenvalue weighted by Crippen LogP contribution is 2.56. The molecule has 4 aromatic carbocycles. The van der Waals surface area contributed by atoms with Crippen molar-refractivity contribution in [3.63, 3.8) is 0 Å². The van der Waals surface area contributed by atoms with Crippen LogP contribution in [0.4, 0.5) is 8.78 Å². The molecular formula is C54H62F2N6O2. The van der Waals surface area contributed by atoms with Gasteiger partial charge in [-0.1, -0.05) is 72.8 Å². The number of likely N-dealkylation sites (tertiary alicyclic amines) is 2. The first-order chi connectivity index (χ1) is 31.4. The van der Waals surface area contributed by atoms with Gasteiger partial charge in [-0.3, -0.25) is 29.6 Å². The third-order valence-electron chi connectivity index (χ3n) is 13.6. The standard InChI is InChI=1S/C54H62F2N6O2/c1-59(41-43-27-33-61(34-28-43)37-39-63-49-13-5-3-6-14-49)53(51-17-9-11-31-57-51,45-19-23-47(55)24-20-45)54(52-18-10-12-32-58-52,46-21-25-48(56)26-22-46)60(2)42-44-29-35-62(36-30-44)38-40-64-50-15-7-4-8-16-50/h3-26,31-32,43-44H,27-30,33-42H2,1-2H3/t53-,54?/m0/s1. The lowest BCUT2D eigenvalue weighted by Gasteiger charge is -2.59. The lowest BCUT2D eigenvalue weighted by Crippen LogP contribution is -2.68. The second kappa shape index (κ2) is 21.4. The fourth-order valence-corrected chi connectivity index (χ4v) is 10.5. The van der Waals surface area contributed by atoms with Crippen LogP contribution in [-0.4, -0.2) is 109 Å². The molecule has 2 aromatic heterocycles. The predicted molar refractivity (Wildman–Crippen MR) is 250 cm³/mol. The van der Waals surface area contributed by atoms with E-state index in [2.05, 4.69) is 45.8 Å². The van der Waals surface area contributed by atoms with E-state index in [9.17, 15) is 0 Å². The number of rotatable bonds is 19. The molecule has 0 saturated carbocycles. The summed E-state index contributed by atoms with van der Waals surface area (Å²) in [5.74, 6) is 1.87.